The van der Waals surface area contributed by atoms with Crippen LogP contribution in [0.2, 0.25) is 0 Å². The van der Waals surface area contributed by atoms with Crippen LogP contribution in [0.4, 0.5) is 0 Å². The van der Waals surface area contributed by atoms with Crippen LogP contribution in [0, 0.1) is 5.41 Å². The topological polar surface area (TPSA) is 49.8 Å². The average Bonchev–Trinajstić information content (AvgIpc) is 2.36. The Morgan fingerprint density at radius 3 is 2.75 bits per heavy atom. The first kappa shape index (κ1) is 9.48. The molecule has 0 atom stereocenters. The summed E-state index contributed by atoms with van der Waals surface area (Å²) in [6, 6.07) is 0. The molecule has 0 aliphatic carbocycles. The van der Waals surface area contributed by atoms with Gasteiger partial charge in [-0.2, -0.15) is 0 Å². The SMILES string of the molecule is CC(C)(CO)CN1OCCC1=O. The third-order valence-electron chi connectivity index (χ3n) is 1.84. The zero-order valence-corrected chi connectivity index (χ0v) is 7.54. The van der Waals surface area contributed by atoms with E-state index in [4.69, 9.17) is 9.94 Å². The highest BCUT2D eigenvalue weighted by molar-refractivity contribution is 5.76. The Labute approximate surface area is 72.1 Å². The zero-order chi connectivity index (χ0) is 9.19. The molecule has 4 nitrogen and oxygen atoms in total. The zero-order valence-electron chi connectivity index (χ0n) is 7.54. The van der Waals surface area contributed by atoms with Crippen molar-refractivity contribution in [1.82, 2.24) is 5.06 Å². The molecule has 1 rings (SSSR count). The lowest BCUT2D eigenvalue weighted by Crippen LogP contribution is -2.36. The molecule has 1 saturated heterocycles. The van der Waals surface area contributed by atoms with Gasteiger partial charge in [-0.1, -0.05) is 13.8 Å². The van der Waals surface area contributed by atoms with Crippen LogP contribution in [0.15, 0.2) is 0 Å². The van der Waals surface area contributed by atoms with Gasteiger partial charge in [-0.25, -0.2) is 5.06 Å². The number of aliphatic hydroxyl groups is 1. The molecule has 1 heterocycles. The van der Waals surface area contributed by atoms with Gasteiger partial charge in [-0.05, 0) is 0 Å². The Kier molecular flexibility index (Phi) is 2.69. The van der Waals surface area contributed by atoms with E-state index in [1.54, 1.807) is 0 Å². The van der Waals surface area contributed by atoms with Gasteiger partial charge in [-0.15, -0.1) is 0 Å². The van der Waals surface area contributed by atoms with Crippen molar-refractivity contribution in [2.24, 2.45) is 5.41 Å². The third kappa shape index (κ3) is 2.19. The summed E-state index contributed by atoms with van der Waals surface area (Å²) in [6.07, 6.45) is 0.460. The standard InChI is InChI=1S/C8H15NO3/c1-8(2,6-10)5-9-7(11)3-4-12-9/h10H,3-6H2,1-2H3. The number of hydrogen-bond donors (Lipinski definition) is 1. The molecule has 70 valence electrons. The number of hydroxylamine groups is 2. The molecule has 12 heavy (non-hydrogen) atoms. The summed E-state index contributed by atoms with van der Waals surface area (Å²) < 4.78 is 0. The fourth-order valence-corrected chi connectivity index (χ4v) is 1.01. The molecule has 0 aromatic heterocycles. The van der Waals surface area contributed by atoms with E-state index in [-0.39, 0.29) is 17.9 Å². The summed E-state index contributed by atoms with van der Waals surface area (Å²) in [4.78, 5) is 16.2. The fraction of sp³-hybridized carbons (Fsp3) is 0.875. The predicted molar refractivity (Wildman–Crippen MR) is 43.1 cm³/mol. The third-order valence-corrected chi connectivity index (χ3v) is 1.84. The van der Waals surface area contributed by atoms with Crippen molar-refractivity contribution in [2.45, 2.75) is 20.3 Å². The summed E-state index contributed by atoms with van der Waals surface area (Å²) in [5.41, 5.74) is -0.278. The first-order valence-electron chi connectivity index (χ1n) is 4.09. The minimum absolute atomic E-state index is 0.0107. The van der Waals surface area contributed by atoms with Crippen LogP contribution in [-0.4, -0.2) is 35.8 Å². The smallest absolute Gasteiger partial charge is 0.248 e. The monoisotopic (exact) mass is 173 g/mol. The number of rotatable bonds is 3. The van der Waals surface area contributed by atoms with E-state index >= 15 is 0 Å². The molecule has 1 aliphatic rings. The summed E-state index contributed by atoms with van der Waals surface area (Å²) in [6.45, 7) is 4.77. The van der Waals surface area contributed by atoms with Gasteiger partial charge in [0.2, 0.25) is 5.91 Å². The van der Waals surface area contributed by atoms with E-state index in [9.17, 15) is 4.79 Å². The van der Waals surface area contributed by atoms with Crippen molar-refractivity contribution in [1.29, 1.82) is 0 Å². The summed E-state index contributed by atoms with van der Waals surface area (Å²) in [5, 5.41) is 10.3. The van der Waals surface area contributed by atoms with Crippen molar-refractivity contribution in [3.63, 3.8) is 0 Å². The molecule has 0 bridgehead atoms. The van der Waals surface area contributed by atoms with Crippen LogP contribution in [0.3, 0.4) is 0 Å². The Bertz CT molecular complexity index is 179. The summed E-state index contributed by atoms with van der Waals surface area (Å²) in [5.74, 6) is 0.0107. The normalized spacial score (nSPS) is 18.9. The molecule has 1 aliphatic heterocycles. The molecule has 4 heteroatoms. The second-order valence-electron chi connectivity index (χ2n) is 3.84. The van der Waals surface area contributed by atoms with Gasteiger partial charge in [-0.3, -0.25) is 9.63 Å². The lowest BCUT2D eigenvalue weighted by atomic mass is 9.95. The molecule has 0 aromatic rings. The van der Waals surface area contributed by atoms with E-state index in [1.165, 1.54) is 5.06 Å². The maximum absolute atomic E-state index is 11.1. The van der Waals surface area contributed by atoms with Crippen molar-refractivity contribution < 1.29 is 14.7 Å². The lowest BCUT2D eigenvalue weighted by molar-refractivity contribution is -0.169. The molecule has 0 aromatic carbocycles. The molecule has 0 unspecified atom stereocenters. The number of nitrogens with zero attached hydrogens (tertiary/aromatic N) is 1. The second-order valence-corrected chi connectivity index (χ2v) is 3.84. The maximum atomic E-state index is 11.1. The highest BCUT2D eigenvalue weighted by Gasteiger charge is 2.28. The van der Waals surface area contributed by atoms with Crippen LogP contribution < -0.4 is 0 Å². The number of amides is 1. The Morgan fingerprint density at radius 1 is 1.67 bits per heavy atom. The van der Waals surface area contributed by atoms with Gasteiger partial charge >= 0.3 is 0 Å². The average molecular weight is 173 g/mol. The highest BCUT2D eigenvalue weighted by Crippen LogP contribution is 2.18. The van der Waals surface area contributed by atoms with E-state index in [1.807, 2.05) is 13.8 Å². The van der Waals surface area contributed by atoms with Gasteiger partial charge in [0.1, 0.15) is 0 Å². The van der Waals surface area contributed by atoms with Gasteiger partial charge in [0, 0.05) is 12.0 Å². The fourth-order valence-electron chi connectivity index (χ4n) is 1.01. The van der Waals surface area contributed by atoms with Crippen LogP contribution in [0.25, 0.3) is 0 Å². The van der Waals surface area contributed by atoms with Gasteiger partial charge in [0.25, 0.3) is 0 Å². The Hall–Kier alpha value is -0.610. The molecule has 1 N–H and O–H groups in total. The summed E-state index contributed by atoms with van der Waals surface area (Å²) >= 11 is 0. The van der Waals surface area contributed by atoms with Crippen LogP contribution in [0.1, 0.15) is 20.3 Å². The van der Waals surface area contributed by atoms with E-state index in [2.05, 4.69) is 0 Å². The minimum Gasteiger partial charge on any atom is -0.396 e. The minimum atomic E-state index is -0.278. The Balaban J connectivity index is 2.45. The first-order chi connectivity index (χ1) is 5.55. The number of carbonyl (C=O) groups is 1. The summed E-state index contributed by atoms with van der Waals surface area (Å²) in [7, 11) is 0. The maximum Gasteiger partial charge on any atom is 0.248 e. The molecule has 0 spiro atoms. The van der Waals surface area contributed by atoms with Gasteiger partial charge < -0.3 is 5.11 Å². The van der Waals surface area contributed by atoms with Crippen molar-refractivity contribution in [3.05, 3.63) is 0 Å². The highest BCUT2D eigenvalue weighted by atomic mass is 16.7. The van der Waals surface area contributed by atoms with Crippen LogP contribution in [-0.2, 0) is 9.63 Å². The van der Waals surface area contributed by atoms with Gasteiger partial charge in [0.05, 0.1) is 19.6 Å². The molecule has 1 fully saturated rings. The first-order valence-corrected chi connectivity index (χ1v) is 4.09. The second kappa shape index (κ2) is 3.41. The predicted octanol–water partition coefficient (Wildman–Crippen LogP) is 0.169. The van der Waals surface area contributed by atoms with E-state index in [0.29, 0.717) is 19.6 Å². The van der Waals surface area contributed by atoms with Crippen molar-refractivity contribution >= 4 is 5.91 Å². The van der Waals surface area contributed by atoms with Gasteiger partial charge in [0.15, 0.2) is 0 Å². The number of carbonyl (C=O) groups excluding carboxylic acids is 1. The largest absolute Gasteiger partial charge is 0.396 e. The van der Waals surface area contributed by atoms with Crippen molar-refractivity contribution in [2.75, 3.05) is 19.8 Å². The number of hydrogen-bond acceptors (Lipinski definition) is 3. The van der Waals surface area contributed by atoms with E-state index in [0.717, 1.165) is 0 Å². The van der Waals surface area contributed by atoms with Crippen LogP contribution in [0.5, 0.6) is 0 Å². The quantitative estimate of drug-likeness (QED) is 0.661. The number of aliphatic hydroxyl groups excluding tert-OH is 1. The molecule has 1 amide bonds. The molecule has 0 radical (unpaired) electrons. The molecule has 0 saturated carbocycles. The van der Waals surface area contributed by atoms with E-state index < -0.39 is 0 Å². The molecular weight excluding hydrogens is 158 g/mol. The molecular formula is C8H15NO3. The van der Waals surface area contributed by atoms with Crippen molar-refractivity contribution in [3.8, 4) is 0 Å². The lowest BCUT2D eigenvalue weighted by Gasteiger charge is -2.26. The van der Waals surface area contributed by atoms with Crippen LogP contribution >= 0.6 is 0 Å². The Morgan fingerprint density at radius 2 is 2.33 bits per heavy atom.